The van der Waals surface area contributed by atoms with Crippen molar-refractivity contribution in [2.75, 3.05) is 6.61 Å². The highest BCUT2D eigenvalue weighted by Gasteiger charge is 2.32. The fourth-order valence-electron chi connectivity index (χ4n) is 1.90. The summed E-state index contributed by atoms with van der Waals surface area (Å²) in [6, 6.07) is 4.14. The van der Waals surface area contributed by atoms with Crippen molar-refractivity contribution < 1.29 is 9.13 Å². The van der Waals surface area contributed by atoms with Crippen molar-refractivity contribution in [2.45, 2.75) is 24.9 Å². The molecule has 0 saturated heterocycles. The monoisotopic (exact) mass is 227 g/mol. The highest BCUT2D eigenvalue weighted by molar-refractivity contribution is 6.30. The third-order valence-corrected chi connectivity index (χ3v) is 3.16. The van der Waals surface area contributed by atoms with Crippen LogP contribution in [0.25, 0.3) is 0 Å². The van der Waals surface area contributed by atoms with Crippen molar-refractivity contribution in [1.82, 2.24) is 5.32 Å². The van der Waals surface area contributed by atoms with Gasteiger partial charge in [-0.25, -0.2) is 4.39 Å². The standard InChI is InChI=1S/C11H11ClFNO/c12-8-4-3-7-9(14-6-1-2-6)5-15-11(7)10(8)13/h3-4,6,9,14H,1-2,5H2. The first kappa shape index (κ1) is 9.43. The molecule has 1 fully saturated rings. The largest absolute Gasteiger partial charge is 0.488 e. The lowest BCUT2D eigenvalue weighted by Crippen LogP contribution is -2.24. The average molecular weight is 228 g/mol. The van der Waals surface area contributed by atoms with Crippen LogP contribution in [0.1, 0.15) is 24.4 Å². The van der Waals surface area contributed by atoms with Crippen molar-refractivity contribution >= 4 is 11.6 Å². The third-order valence-electron chi connectivity index (χ3n) is 2.86. The number of hydrogen-bond donors (Lipinski definition) is 1. The Kier molecular flexibility index (Phi) is 2.11. The second kappa shape index (κ2) is 3.35. The van der Waals surface area contributed by atoms with E-state index in [1.54, 1.807) is 6.07 Å². The molecule has 1 aliphatic carbocycles. The summed E-state index contributed by atoms with van der Waals surface area (Å²) in [7, 11) is 0. The van der Waals surface area contributed by atoms with Gasteiger partial charge in [-0.15, -0.1) is 0 Å². The van der Waals surface area contributed by atoms with Crippen molar-refractivity contribution in [1.29, 1.82) is 0 Å². The van der Waals surface area contributed by atoms with E-state index >= 15 is 0 Å². The molecule has 1 aliphatic heterocycles. The topological polar surface area (TPSA) is 21.3 Å². The van der Waals surface area contributed by atoms with E-state index in [9.17, 15) is 4.39 Å². The van der Waals surface area contributed by atoms with Crippen molar-refractivity contribution in [3.05, 3.63) is 28.5 Å². The van der Waals surface area contributed by atoms with Crippen molar-refractivity contribution in [3.63, 3.8) is 0 Å². The number of fused-ring (bicyclic) bond motifs is 1. The molecule has 15 heavy (non-hydrogen) atoms. The molecule has 80 valence electrons. The molecule has 1 N–H and O–H groups in total. The molecule has 1 aromatic rings. The summed E-state index contributed by atoms with van der Waals surface area (Å²) in [5.41, 5.74) is 0.892. The summed E-state index contributed by atoms with van der Waals surface area (Å²) in [6.45, 7) is 0.503. The van der Waals surface area contributed by atoms with Crippen molar-refractivity contribution in [3.8, 4) is 5.75 Å². The highest BCUT2D eigenvalue weighted by atomic mass is 35.5. The minimum Gasteiger partial charge on any atom is -0.488 e. The van der Waals surface area contributed by atoms with E-state index in [-0.39, 0.29) is 11.1 Å². The molecule has 0 spiro atoms. The molecule has 0 aromatic heterocycles. The van der Waals surface area contributed by atoms with Crippen LogP contribution in [0.5, 0.6) is 5.75 Å². The molecule has 2 nitrogen and oxygen atoms in total. The molecule has 2 aliphatic rings. The summed E-state index contributed by atoms with van der Waals surface area (Å²) in [5, 5.41) is 3.55. The van der Waals surface area contributed by atoms with E-state index in [1.807, 2.05) is 6.07 Å². The van der Waals surface area contributed by atoms with Gasteiger partial charge in [0.25, 0.3) is 0 Å². The second-order valence-electron chi connectivity index (χ2n) is 4.08. The Morgan fingerprint density at radius 1 is 1.40 bits per heavy atom. The smallest absolute Gasteiger partial charge is 0.183 e. The van der Waals surface area contributed by atoms with Crippen LogP contribution >= 0.6 is 11.6 Å². The van der Waals surface area contributed by atoms with Crippen LogP contribution in [0.4, 0.5) is 4.39 Å². The Labute approximate surface area is 92.4 Å². The van der Waals surface area contributed by atoms with Gasteiger partial charge in [-0.05, 0) is 18.9 Å². The number of benzene rings is 1. The van der Waals surface area contributed by atoms with E-state index in [0.29, 0.717) is 18.4 Å². The molecular formula is C11H11ClFNO. The average Bonchev–Trinajstić information content (AvgIpc) is 2.93. The molecule has 1 saturated carbocycles. The predicted molar refractivity (Wildman–Crippen MR) is 55.8 cm³/mol. The van der Waals surface area contributed by atoms with Gasteiger partial charge >= 0.3 is 0 Å². The summed E-state index contributed by atoms with van der Waals surface area (Å²) >= 11 is 5.68. The van der Waals surface area contributed by atoms with Gasteiger partial charge in [0.05, 0.1) is 11.1 Å². The predicted octanol–water partition coefficient (Wildman–Crippen LogP) is 2.66. The zero-order chi connectivity index (χ0) is 10.4. The lowest BCUT2D eigenvalue weighted by Gasteiger charge is -2.09. The normalized spacial score (nSPS) is 23.7. The Morgan fingerprint density at radius 2 is 2.20 bits per heavy atom. The van der Waals surface area contributed by atoms with Gasteiger partial charge in [0.2, 0.25) is 0 Å². The summed E-state index contributed by atoms with van der Waals surface area (Å²) in [6.07, 6.45) is 2.42. The summed E-state index contributed by atoms with van der Waals surface area (Å²) < 4.78 is 18.9. The fraction of sp³-hybridized carbons (Fsp3) is 0.455. The molecule has 0 bridgehead atoms. The molecule has 1 aromatic carbocycles. The molecular weight excluding hydrogens is 217 g/mol. The number of nitrogens with one attached hydrogen (secondary N) is 1. The van der Waals surface area contributed by atoms with Crippen LogP contribution < -0.4 is 10.1 Å². The second-order valence-corrected chi connectivity index (χ2v) is 4.49. The van der Waals surface area contributed by atoms with Gasteiger partial charge in [-0.1, -0.05) is 17.7 Å². The van der Waals surface area contributed by atoms with Crippen LogP contribution in [0.2, 0.25) is 5.02 Å². The fourth-order valence-corrected chi connectivity index (χ4v) is 2.05. The highest BCUT2D eigenvalue weighted by Crippen LogP contribution is 2.39. The molecule has 0 amide bonds. The lowest BCUT2D eigenvalue weighted by atomic mass is 10.1. The first-order chi connectivity index (χ1) is 7.25. The first-order valence-corrected chi connectivity index (χ1v) is 5.50. The quantitative estimate of drug-likeness (QED) is 0.839. The van der Waals surface area contributed by atoms with Crippen LogP contribution in [-0.2, 0) is 0 Å². The Morgan fingerprint density at radius 3 is 2.93 bits per heavy atom. The molecule has 3 rings (SSSR count). The first-order valence-electron chi connectivity index (χ1n) is 5.12. The zero-order valence-corrected chi connectivity index (χ0v) is 8.85. The maximum absolute atomic E-state index is 13.5. The maximum atomic E-state index is 13.5. The Hall–Kier alpha value is -0.800. The van der Waals surface area contributed by atoms with Crippen LogP contribution in [0.15, 0.2) is 12.1 Å². The van der Waals surface area contributed by atoms with Gasteiger partial charge in [0, 0.05) is 11.6 Å². The number of hydrogen-bond acceptors (Lipinski definition) is 2. The van der Waals surface area contributed by atoms with Crippen LogP contribution in [-0.4, -0.2) is 12.6 Å². The molecule has 0 radical (unpaired) electrons. The summed E-state index contributed by atoms with van der Waals surface area (Å²) in [5.74, 6) is -0.116. The molecule has 4 heteroatoms. The minimum absolute atomic E-state index is 0.124. The zero-order valence-electron chi connectivity index (χ0n) is 8.09. The van der Waals surface area contributed by atoms with Crippen LogP contribution in [0, 0.1) is 5.82 Å². The minimum atomic E-state index is -0.436. The van der Waals surface area contributed by atoms with Gasteiger partial charge in [0.1, 0.15) is 6.61 Å². The number of rotatable bonds is 2. The van der Waals surface area contributed by atoms with E-state index in [0.717, 1.165) is 5.56 Å². The van der Waals surface area contributed by atoms with E-state index in [2.05, 4.69) is 5.32 Å². The molecule has 1 atom stereocenters. The van der Waals surface area contributed by atoms with E-state index in [1.165, 1.54) is 12.8 Å². The third kappa shape index (κ3) is 1.60. The Bertz CT molecular complexity index is 406. The van der Waals surface area contributed by atoms with E-state index in [4.69, 9.17) is 16.3 Å². The van der Waals surface area contributed by atoms with E-state index < -0.39 is 5.82 Å². The number of ether oxygens (including phenoxy) is 1. The molecule has 1 unspecified atom stereocenters. The van der Waals surface area contributed by atoms with Crippen LogP contribution in [0.3, 0.4) is 0 Å². The van der Waals surface area contributed by atoms with Gasteiger partial charge in [0.15, 0.2) is 11.6 Å². The maximum Gasteiger partial charge on any atom is 0.183 e. The van der Waals surface area contributed by atoms with Gasteiger partial charge < -0.3 is 10.1 Å². The molecule has 1 heterocycles. The Balaban J connectivity index is 1.92. The van der Waals surface area contributed by atoms with Gasteiger partial charge in [-0.2, -0.15) is 0 Å². The SMILES string of the molecule is Fc1c(Cl)ccc2c1OCC2NC1CC1. The van der Waals surface area contributed by atoms with Crippen molar-refractivity contribution in [2.24, 2.45) is 0 Å². The number of halogens is 2. The summed E-state index contributed by atoms with van der Waals surface area (Å²) in [4.78, 5) is 0. The lowest BCUT2D eigenvalue weighted by molar-refractivity contribution is 0.300. The van der Waals surface area contributed by atoms with Gasteiger partial charge in [-0.3, -0.25) is 0 Å².